The lowest BCUT2D eigenvalue weighted by Crippen LogP contribution is -2.56. The number of carboxylic acids is 1. The molecular weight excluding hydrogens is 414 g/mol. The van der Waals surface area contributed by atoms with Crippen LogP contribution in [0.3, 0.4) is 0 Å². The number of nitrogens with two attached hydrogens (primary N) is 1. The lowest BCUT2D eigenvalue weighted by molar-refractivity contribution is -0.138. The van der Waals surface area contributed by atoms with Gasteiger partial charge in [0.15, 0.2) is 0 Å². The number of rotatable bonds is 10. The minimum absolute atomic E-state index is 0.147. The predicted molar refractivity (Wildman–Crippen MR) is 121 cm³/mol. The van der Waals surface area contributed by atoms with E-state index in [1.165, 1.54) is 0 Å². The van der Waals surface area contributed by atoms with Crippen LogP contribution in [-0.2, 0) is 25.5 Å². The molecule has 1 aromatic carbocycles. The first kappa shape index (κ1) is 27.4. The molecule has 0 saturated carbocycles. The molecule has 32 heavy (non-hydrogen) atoms. The van der Waals surface area contributed by atoms with Crippen molar-refractivity contribution >= 4 is 17.8 Å². The summed E-state index contributed by atoms with van der Waals surface area (Å²) in [5.74, 6) is -1.69. The fourth-order valence-electron chi connectivity index (χ4n) is 2.89. The quantitative estimate of drug-likeness (QED) is 0.424. The van der Waals surface area contributed by atoms with Gasteiger partial charge in [-0.05, 0) is 66.2 Å². The third-order valence-corrected chi connectivity index (χ3v) is 4.18. The van der Waals surface area contributed by atoms with Gasteiger partial charge >= 0.3 is 5.97 Å². The monoisotopic (exact) mass is 451 g/mol. The molecule has 0 heterocycles. The van der Waals surface area contributed by atoms with E-state index in [1.54, 1.807) is 31.2 Å². The Morgan fingerprint density at radius 1 is 1.00 bits per heavy atom. The van der Waals surface area contributed by atoms with E-state index in [9.17, 15) is 14.4 Å². The van der Waals surface area contributed by atoms with Crippen molar-refractivity contribution in [3.8, 4) is 5.75 Å². The van der Waals surface area contributed by atoms with Gasteiger partial charge in [-0.15, -0.1) is 0 Å². The van der Waals surface area contributed by atoms with Gasteiger partial charge in [0.1, 0.15) is 30.0 Å². The second-order valence-electron chi connectivity index (χ2n) is 9.70. The molecule has 0 fully saturated rings. The van der Waals surface area contributed by atoms with Gasteiger partial charge in [0.2, 0.25) is 11.8 Å². The third kappa shape index (κ3) is 10.6. The molecule has 0 aliphatic carbocycles. The van der Waals surface area contributed by atoms with Crippen LogP contribution in [0, 0.1) is 0 Å². The number of carbonyl (C=O) groups excluding carboxylic acids is 2. The number of benzene rings is 1. The number of hydrogen-bond donors (Lipinski definition) is 4. The summed E-state index contributed by atoms with van der Waals surface area (Å²) in [6, 6.07) is 5.11. The average Bonchev–Trinajstić information content (AvgIpc) is 2.63. The summed E-state index contributed by atoms with van der Waals surface area (Å²) < 4.78 is 11.5. The van der Waals surface area contributed by atoms with E-state index in [1.807, 2.05) is 41.5 Å². The number of ether oxygens (including phenoxy) is 2. The molecule has 1 aromatic rings. The largest absolute Gasteiger partial charge is 0.488 e. The van der Waals surface area contributed by atoms with E-state index in [4.69, 9.17) is 20.3 Å². The first-order chi connectivity index (χ1) is 14.6. The van der Waals surface area contributed by atoms with Crippen molar-refractivity contribution in [2.75, 3.05) is 6.54 Å². The highest BCUT2D eigenvalue weighted by Gasteiger charge is 2.29. The molecule has 3 atom stereocenters. The molecule has 0 aliphatic heterocycles. The van der Waals surface area contributed by atoms with Gasteiger partial charge in [-0.25, -0.2) is 0 Å². The number of amides is 2. The van der Waals surface area contributed by atoms with Crippen LogP contribution in [0.1, 0.15) is 54.0 Å². The highest BCUT2D eigenvalue weighted by Crippen LogP contribution is 2.19. The zero-order valence-corrected chi connectivity index (χ0v) is 20.0. The molecule has 180 valence electrons. The van der Waals surface area contributed by atoms with Crippen LogP contribution in [0.15, 0.2) is 24.3 Å². The Bertz CT molecular complexity index is 780. The van der Waals surface area contributed by atoms with Crippen LogP contribution in [0.2, 0.25) is 0 Å². The SMILES string of the molecule is C[C@@H](OC(C)(C)C)[C@H](N)C(=O)N[C@@H](Cc1ccc(OC(C)(C)C)cc1)C(=O)NCC(=O)O. The molecule has 0 radical (unpaired) electrons. The van der Waals surface area contributed by atoms with Crippen molar-refractivity contribution in [1.29, 1.82) is 0 Å². The zero-order chi connectivity index (χ0) is 24.7. The van der Waals surface area contributed by atoms with Crippen LogP contribution in [-0.4, -0.2) is 58.8 Å². The molecule has 9 heteroatoms. The molecule has 0 spiro atoms. The summed E-state index contributed by atoms with van der Waals surface area (Å²) in [5.41, 5.74) is 5.95. The molecular formula is C23H37N3O6. The van der Waals surface area contributed by atoms with Crippen LogP contribution < -0.4 is 21.1 Å². The first-order valence-electron chi connectivity index (χ1n) is 10.6. The highest BCUT2D eigenvalue weighted by molar-refractivity contribution is 5.91. The van der Waals surface area contributed by atoms with E-state index in [0.717, 1.165) is 5.56 Å². The number of carboxylic acid groups (broad SMARTS) is 1. The van der Waals surface area contributed by atoms with Gasteiger partial charge < -0.3 is 30.9 Å². The Balaban J connectivity index is 2.94. The maximum absolute atomic E-state index is 12.7. The van der Waals surface area contributed by atoms with Crippen molar-refractivity contribution in [1.82, 2.24) is 10.6 Å². The Morgan fingerprint density at radius 2 is 1.56 bits per heavy atom. The first-order valence-corrected chi connectivity index (χ1v) is 10.6. The Labute approximate surface area is 190 Å². The molecule has 0 aromatic heterocycles. The lowest BCUT2D eigenvalue weighted by Gasteiger charge is -2.29. The molecule has 1 rings (SSSR count). The van der Waals surface area contributed by atoms with Crippen LogP contribution >= 0.6 is 0 Å². The van der Waals surface area contributed by atoms with E-state index in [0.29, 0.717) is 5.75 Å². The molecule has 0 bridgehead atoms. The van der Waals surface area contributed by atoms with Crippen LogP contribution in [0.4, 0.5) is 0 Å². The van der Waals surface area contributed by atoms with Crippen LogP contribution in [0.5, 0.6) is 5.75 Å². The fourth-order valence-corrected chi connectivity index (χ4v) is 2.89. The smallest absolute Gasteiger partial charge is 0.322 e. The van der Waals surface area contributed by atoms with Gasteiger partial charge in [-0.3, -0.25) is 14.4 Å². The van der Waals surface area contributed by atoms with Gasteiger partial charge in [-0.1, -0.05) is 12.1 Å². The standard InChI is InChI=1S/C23H37N3O6/c1-14(31-22(2,3)4)19(24)21(30)26-17(20(29)25-13-18(27)28)12-15-8-10-16(11-9-15)32-23(5,6)7/h8-11,14,17,19H,12-13,24H2,1-7H3,(H,25,29)(H,26,30)(H,27,28)/t14-,17+,19+/m1/s1. The summed E-state index contributed by atoms with van der Waals surface area (Å²) >= 11 is 0. The summed E-state index contributed by atoms with van der Waals surface area (Å²) in [5, 5.41) is 13.8. The van der Waals surface area contributed by atoms with Crippen LogP contribution in [0.25, 0.3) is 0 Å². The van der Waals surface area contributed by atoms with Crippen molar-refractivity contribution in [2.24, 2.45) is 5.73 Å². The van der Waals surface area contributed by atoms with E-state index >= 15 is 0 Å². The average molecular weight is 452 g/mol. The Morgan fingerprint density at radius 3 is 2.03 bits per heavy atom. The third-order valence-electron chi connectivity index (χ3n) is 4.18. The van der Waals surface area contributed by atoms with Crippen molar-refractivity contribution in [3.05, 3.63) is 29.8 Å². The highest BCUT2D eigenvalue weighted by atomic mass is 16.5. The Kier molecular flexibility index (Phi) is 9.66. The number of aliphatic carboxylic acids is 1. The number of nitrogens with one attached hydrogen (secondary N) is 2. The van der Waals surface area contributed by atoms with Crippen molar-refractivity contribution in [2.45, 2.75) is 84.3 Å². The maximum atomic E-state index is 12.7. The molecule has 0 saturated heterocycles. The normalized spacial score (nSPS) is 14.8. The van der Waals surface area contributed by atoms with Crippen molar-refractivity contribution in [3.63, 3.8) is 0 Å². The minimum atomic E-state index is -1.18. The zero-order valence-electron chi connectivity index (χ0n) is 20.0. The maximum Gasteiger partial charge on any atom is 0.322 e. The van der Waals surface area contributed by atoms with Gasteiger partial charge in [-0.2, -0.15) is 0 Å². The minimum Gasteiger partial charge on any atom is -0.488 e. The molecule has 0 aliphatic rings. The summed E-state index contributed by atoms with van der Waals surface area (Å²) in [4.78, 5) is 36.1. The fraction of sp³-hybridized carbons (Fsp3) is 0.609. The topological polar surface area (TPSA) is 140 Å². The molecule has 0 unspecified atom stereocenters. The van der Waals surface area contributed by atoms with Crippen molar-refractivity contribution < 1.29 is 29.0 Å². The van der Waals surface area contributed by atoms with Gasteiger partial charge in [0.05, 0.1) is 11.7 Å². The number of hydrogen-bond acceptors (Lipinski definition) is 6. The summed E-state index contributed by atoms with van der Waals surface area (Å²) in [6.45, 7) is 12.5. The molecule has 9 nitrogen and oxygen atoms in total. The Hall–Kier alpha value is -2.65. The van der Waals surface area contributed by atoms with Gasteiger partial charge in [0.25, 0.3) is 0 Å². The predicted octanol–water partition coefficient (Wildman–Crippen LogP) is 1.62. The summed E-state index contributed by atoms with van der Waals surface area (Å²) in [7, 11) is 0. The lowest BCUT2D eigenvalue weighted by atomic mass is 10.0. The van der Waals surface area contributed by atoms with Gasteiger partial charge in [0, 0.05) is 6.42 Å². The van der Waals surface area contributed by atoms with E-state index in [2.05, 4.69) is 10.6 Å². The van der Waals surface area contributed by atoms with E-state index in [-0.39, 0.29) is 12.0 Å². The number of carbonyl (C=O) groups is 3. The second-order valence-corrected chi connectivity index (χ2v) is 9.70. The molecule has 5 N–H and O–H groups in total. The summed E-state index contributed by atoms with van der Waals surface area (Å²) in [6.07, 6.45) is -0.444. The van der Waals surface area contributed by atoms with E-state index < -0.39 is 48.1 Å². The molecule has 2 amide bonds. The second kappa shape index (κ2) is 11.3.